The van der Waals surface area contributed by atoms with Gasteiger partial charge in [0.15, 0.2) is 0 Å². The first-order valence-corrected chi connectivity index (χ1v) is 6.92. The molecule has 0 nitrogen and oxygen atoms in total. The number of hydrogen-bond donors (Lipinski definition) is 0. The van der Waals surface area contributed by atoms with Crippen molar-refractivity contribution in [2.75, 3.05) is 0 Å². The molecule has 0 N–H and O–H groups in total. The van der Waals surface area contributed by atoms with Crippen LogP contribution in [0.3, 0.4) is 0 Å². The molecule has 14 heavy (non-hydrogen) atoms. The second kappa shape index (κ2) is 2.77. The van der Waals surface area contributed by atoms with Crippen LogP contribution in [-0.4, -0.2) is 0 Å². The van der Waals surface area contributed by atoms with Gasteiger partial charge in [-0.1, -0.05) is 19.3 Å². The molecule has 0 saturated heterocycles. The van der Waals surface area contributed by atoms with E-state index in [1.165, 1.54) is 35.5 Å². The minimum atomic E-state index is 1.18. The van der Waals surface area contributed by atoms with Crippen LogP contribution in [0.15, 0.2) is 0 Å². The third-order valence-electron chi connectivity index (χ3n) is 5.98. The summed E-state index contributed by atoms with van der Waals surface area (Å²) in [6.45, 7) is 0. The fourth-order valence-corrected chi connectivity index (χ4v) is 5.09. The normalized spacial score (nSPS) is 60.0. The monoisotopic (exact) mass is 190 g/mol. The summed E-state index contributed by atoms with van der Waals surface area (Å²) in [6.07, 6.45) is 12.8. The van der Waals surface area contributed by atoms with Gasteiger partial charge in [0.25, 0.3) is 0 Å². The van der Waals surface area contributed by atoms with Crippen molar-refractivity contribution in [1.82, 2.24) is 0 Å². The number of fused-ring (bicyclic) bond motifs is 3. The van der Waals surface area contributed by atoms with Gasteiger partial charge in [-0.3, -0.25) is 0 Å². The molecule has 2 bridgehead atoms. The second-order valence-corrected chi connectivity index (χ2v) is 6.59. The van der Waals surface area contributed by atoms with Gasteiger partial charge in [0, 0.05) is 0 Å². The average Bonchev–Trinajstić information content (AvgIpc) is 2.94. The fourth-order valence-electron chi connectivity index (χ4n) is 5.09. The third kappa shape index (κ3) is 1.06. The molecule has 0 heterocycles. The molecule has 0 aliphatic heterocycles. The molecule has 0 spiro atoms. The summed E-state index contributed by atoms with van der Waals surface area (Å²) in [6, 6.07) is 0. The van der Waals surface area contributed by atoms with E-state index in [4.69, 9.17) is 0 Å². The molecular weight excluding hydrogens is 168 g/mol. The lowest BCUT2D eigenvalue weighted by atomic mass is 9.55. The lowest BCUT2D eigenvalue weighted by molar-refractivity contribution is 0.00101. The quantitative estimate of drug-likeness (QED) is 0.589. The Morgan fingerprint density at radius 1 is 0.571 bits per heavy atom. The predicted molar refractivity (Wildman–Crippen MR) is 57.9 cm³/mol. The Bertz CT molecular complexity index is 230. The van der Waals surface area contributed by atoms with E-state index in [-0.39, 0.29) is 0 Å². The Labute approximate surface area is 87.5 Å². The standard InChI is InChI=1S/C14H22/c1-2-10-8-14(10)13(3-1)12-5-4-9-6-11(12)7-9/h9-14H,1-8H2. The van der Waals surface area contributed by atoms with E-state index in [1.807, 2.05) is 0 Å². The summed E-state index contributed by atoms with van der Waals surface area (Å²) in [4.78, 5) is 0. The molecule has 78 valence electrons. The highest BCUT2D eigenvalue weighted by molar-refractivity contribution is 5.01. The summed E-state index contributed by atoms with van der Waals surface area (Å²) < 4.78 is 0. The van der Waals surface area contributed by atoms with E-state index in [0.29, 0.717) is 0 Å². The van der Waals surface area contributed by atoms with Gasteiger partial charge in [-0.2, -0.15) is 0 Å². The van der Waals surface area contributed by atoms with Crippen molar-refractivity contribution in [3.8, 4) is 0 Å². The van der Waals surface area contributed by atoms with E-state index >= 15 is 0 Å². The molecule has 5 aliphatic rings. The Morgan fingerprint density at radius 2 is 1.50 bits per heavy atom. The largest absolute Gasteiger partial charge is 0.0527 e. The molecule has 0 aromatic carbocycles. The first-order valence-electron chi connectivity index (χ1n) is 6.92. The van der Waals surface area contributed by atoms with Crippen LogP contribution >= 0.6 is 0 Å². The maximum absolute atomic E-state index is 1.62. The summed E-state index contributed by atoms with van der Waals surface area (Å²) >= 11 is 0. The molecule has 0 heteroatoms. The summed E-state index contributed by atoms with van der Waals surface area (Å²) in [5.41, 5.74) is 0. The molecule has 0 aromatic heterocycles. The van der Waals surface area contributed by atoms with Crippen LogP contribution in [0, 0.1) is 35.5 Å². The Hall–Kier alpha value is 0. The molecule has 0 radical (unpaired) electrons. The molecule has 0 amide bonds. The van der Waals surface area contributed by atoms with Gasteiger partial charge in [0.2, 0.25) is 0 Å². The first-order chi connectivity index (χ1) is 6.92. The Balaban J connectivity index is 1.51. The van der Waals surface area contributed by atoms with Crippen LogP contribution < -0.4 is 0 Å². The zero-order valence-corrected chi connectivity index (χ0v) is 9.12. The summed E-state index contributed by atoms with van der Waals surface area (Å²) in [7, 11) is 0. The first kappa shape index (κ1) is 8.19. The smallest absolute Gasteiger partial charge is 0.0352 e. The number of hydrogen-bond acceptors (Lipinski definition) is 0. The van der Waals surface area contributed by atoms with Gasteiger partial charge in [-0.15, -0.1) is 0 Å². The van der Waals surface area contributed by atoms with Gasteiger partial charge in [0.1, 0.15) is 0 Å². The third-order valence-corrected chi connectivity index (χ3v) is 5.98. The Morgan fingerprint density at radius 3 is 2.29 bits per heavy atom. The average molecular weight is 190 g/mol. The maximum atomic E-state index is 1.62. The van der Waals surface area contributed by atoms with Crippen LogP contribution in [0.5, 0.6) is 0 Å². The van der Waals surface area contributed by atoms with Crippen molar-refractivity contribution in [3.05, 3.63) is 0 Å². The van der Waals surface area contributed by atoms with E-state index in [2.05, 4.69) is 0 Å². The van der Waals surface area contributed by atoms with Crippen molar-refractivity contribution in [2.45, 2.75) is 51.4 Å². The van der Waals surface area contributed by atoms with E-state index in [9.17, 15) is 0 Å². The number of rotatable bonds is 1. The molecular formula is C14H22. The van der Waals surface area contributed by atoms with Crippen LogP contribution in [0.25, 0.3) is 0 Å². The lowest BCUT2D eigenvalue weighted by Gasteiger charge is -2.50. The minimum Gasteiger partial charge on any atom is -0.0527 e. The van der Waals surface area contributed by atoms with Gasteiger partial charge in [0.05, 0.1) is 0 Å². The maximum Gasteiger partial charge on any atom is -0.0352 e. The van der Waals surface area contributed by atoms with Crippen LogP contribution in [0.4, 0.5) is 0 Å². The molecule has 4 unspecified atom stereocenters. The zero-order valence-electron chi connectivity index (χ0n) is 9.12. The van der Waals surface area contributed by atoms with E-state index in [0.717, 1.165) is 0 Å². The van der Waals surface area contributed by atoms with E-state index in [1.54, 1.807) is 51.4 Å². The van der Waals surface area contributed by atoms with Crippen LogP contribution in [0.2, 0.25) is 0 Å². The van der Waals surface area contributed by atoms with Crippen molar-refractivity contribution in [1.29, 1.82) is 0 Å². The lowest BCUT2D eigenvalue weighted by Crippen LogP contribution is -2.40. The highest BCUT2D eigenvalue weighted by atomic mass is 14.6. The van der Waals surface area contributed by atoms with Crippen molar-refractivity contribution in [3.63, 3.8) is 0 Å². The molecule has 4 atom stereocenters. The fraction of sp³-hybridized carbons (Fsp3) is 1.00. The Kier molecular flexibility index (Phi) is 1.62. The predicted octanol–water partition coefficient (Wildman–Crippen LogP) is 3.86. The SMILES string of the molecule is C1CC2CC2C(C2CCC3CC2C3)C1. The van der Waals surface area contributed by atoms with Crippen molar-refractivity contribution in [2.24, 2.45) is 35.5 Å². The summed E-state index contributed by atoms with van der Waals surface area (Å²) in [5.74, 6) is 7.17. The summed E-state index contributed by atoms with van der Waals surface area (Å²) in [5, 5.41) is 0. The second-order valence-electron chi connectivity index (χ2n) is 6.59. The van der Waals surface area contributed by atoms with Gasteiger partial charge < -0.3 is 0 Å². The van der Waals surface area contributed by atoms with Gasteiger partial charge in [-0.05, 0) is 67.6 Å². The van der Waals surface area contributed by atoms with Gasteiger partial charge in [-0.25, -0.2) is 0 Å². The topological polar surface area (TPSA) is 0 Å². The van der Waals surface area contributed by atoms with Crippen LogP contribution in [-0.2, 0) is 0 Å². The van der Waals surface area contributed by atoms with E-state index < -0.39 is 0 Å². The van der Waals surface area contributed by atoms with Crippen molar-refractivity contribution < 1.29 is 0 Å². The molecule has 5 rings (SSSR count). The molecule has 5 saturated carbocycles. The molecule has 5 fully saturated rings. The molecule has 0 aromatic rings. The zero-order chi connectivity index (χ0) is 9.12. The highest BCUT2D eigenvalue weighted by Crippen LogP contribution is 2.61. The molecule has 5 aliphatic carbocycles. The minimum absolute atomic E-state index is 1.18. The highest BCUT2D eigenvalue weighted by Gasteiger charge is 2.52. The van der Waals surface area contributed by atoms with Gasteiger partial charge >= 0.3 is 0 Å². The van der Waals surface area contributed by atoms with Crippen molar-refractivity contribution >= 4 is 0 Å². The van der Waals surface area contributed by atoms with Crippen LogP contribution in [0.1, 0.15) is 51.4 Å².